The number of ether oxygens (including phenoxy) is 1. The number of carbonyl (C=O) groups excluding carboxylic acids is 2. The molecule has 1 amide bonds. The van der Waals surface area contributed by atoms with Gasteiger partial charge in [0.15, 0.2) is 0 Å². The molecule has 1 aromatic heterocycles. The number of nitrogens with zero attached hydrogens (tertiary/aromatic N) is 3. The second-order valence-electron chi connectivity index (χ2n) is 7.73. The fourth-order valence-corrected chi connectivity index (χ4v) is 4.44. The number of esters is 1. The van der Waals surface area contributed by atoms with Gasteiger partial charge in [-0.3, -0.25) is 9.59 Å². The van der Waals surface area contributed by atoms with E-state index in [2.05, 4.69) is 0 Å². The summed E-state index contributed by atoms with van der Waals surface area (Å²) in [6, 6.07) is 12.3. The molecule has 4 rings (SSSR count). The molecule has 180 valence electrons. The van der Waals surface area contributed by atoms with Crippen LogP contribution in [0.5, 0.6) is 0 Å². The number of fused-ring (bicyclic) bond motifs is 1. The van der Waals surface area contributed by atoms with E-state index in [0.29, 0.717) is 47.5 Å². The minimum Gasteiger partial charge on any atom is -0.462 e. The van der Waals surface area contributed by atoms with E-state index in [0.717, 1.165) is 10.9 Å². The number of piperazine rings is 1. The first-order valence-electron chi connectivity index (χ1n) is 10.6. The van der Waals surface area contributed by atoms with Crippen molar-refractivity contribution in [3.8, 4) is 0 Å². The first kappa shape index (κ1) is 25.6. The van der Waals surface area contributed by atoms with Crippen LogP contribution in [0.2, 0.25) is 10.0 Å². The van der Waals surface area contributed by atoms with Crippen LogP contribution >= 0.6 is 23.2 Å². The van der Waals surface area contributed by atoms with E-state index in [1.54, 1.807) is 37.1 Å². The van der Waals surface area contributed by atoms with Crippen LogP contribution in [0.4, 0.5) is 5.69 Å². The van der Waals surface area contributed by atoms with E-state index in [9.17, 15) is 14.4 Å². The Hall–Kier alpha value is -3.07. The van der Waals surface area contributed by atoms with Crippen molar-refractivity contribution in [2.75, 3.05) is 37.7 Å². The van der Waals surface area contributed by atoms with E-state index >= 15 is 0 Å². The molecule has 0 spiro atoms. The molecule has 34 heavy (non-hydrogen) atoms. The lowest BCUT2D eigenvalue weighted by atomic mass is 10.1. The van der Waals surface area contributed by atoms with E-state index in [1.165, 1.54) is 4.57 Å². The number of amides is 1. The normalized spacial score (nSPS) is 13.5. The highest BCUT2D eigenvalue weighted by atomic mass is 35.5. The molecule has 1 aliphatic heterocycles. The molecule has 0 aliphatic carbocycles. The molecular weight excluding hydrogens is 479 g/mol. The maximum absolute atomic E-state index is 13.1. The van der Waals surface area contributed by atoms with Gasteiger partial charge >= 0.3 is 5.97 Å². The fraction of sp³-hybridized carbons (Fsp3) is 0.292. The lowest BCUT2D eigenvalue weighted by molar-refractivity contribution is 0.0523. The predicted octanol–water partition coefficient (Wildman–Crippen LogP) is 4.15. The number of carbonyl (C=O) groups is 2. The number of aromatic nitrogens is 1. The van der Waals surface area contributed by atoms with Gasteiger partial charge in [-0.1, -0.05) is 41.4 Å². The minimum absolute atomic E-state index is 0. The molecule has 3 N–H and O–H groups in total. The first-order valence-corrected chi connectivity index (χ1v) is 11.4. The highest BCUT2D eigenvalue weighted by Gasteiger charge is 2.29. The molecule has 1 saturated heterocycles. The third-order valence-corrected chi connectivity index (χ3v) is 6.54. The molecule has 0 atom stereocenters. The van der Waals surface area contributed by atoms with Crippen molar-refractivity contribution in [2.24, 2.45) is 7.05 Å². The van der Waals surface area contributed by atoms with Crippen LogP contribution in [0, 0.1) is 0 Å². The monoisotopic (exact) mass is 504 g/mol. The van der Waals surface area contributed by atoms with Crippen LogP contribution in [0.25, 0.3) is 10.9 Å². The zero-order valence-electron chi connectivity index (χ0n) is 19.0. The average molecular weight is 505 g/mol. The number of aryl methyl sites for hydroxylation is 1. The van der Waals surface area contributed by atoms with Crippen molar-refractivity contribution >= 4 is 51.7 Å². The number of pyridine rings is 1. The lowest BCUT2D eigenvalue weighted by Crippen LogP contribution is -2.49. The highest BCUT2D eigenvalue weighted by Crippen LogP contribution is 2.30. The van der Waals surface area contributed by atoms with Gasteiger partial charge in [0.25, 0.3) is 11.5 Å². The number of halogens is 2. The number of benzene rings is 2. The average Bonchev–Trinajstić information content (AvgIpc) is 2.82. The van der Waals surface area contributed by atoms with Crippen LogP contribution in [0.15, 0.2) is 47.3 Å². The smallest absolute Gasteiger partial charge is 0.345 e. The molecule has 2 aromatic carbocycles. The summed E-state index contributed by atoms with van der Waals surface area (Å²) in [5.74, 6) is -0.791. The predicted molar refractivity (Wildman–Crippen MR) is 135 cm³/mol. The van der Waals surface area contributed by atoms with Crippen molar-refractivity contribution < 1.29 is 14.3 Å². The summed E-state index contributed by atoms with van der Waals surface area (Å²) in [6.07, 6.45) is 0. The van der Waals surface area contributed by atoms with Crippen LogP contribution in [0.1, 0.15) is 27.6 Å². The van der Waals surface area contributed by atoms with Gasteiger partial charge in [0.05, 0.1) is 27.9 Å². The zero-order valence-corrected chi connectivity index (χ0v) is 20.5. The maximum Gasteiger partial charge on any atom is 0.345 e. The second kappa shape index (κ2) is 10.5. The Morgan fingerprint density at radius 2 is 1.68 bits per heavy atom. The van der Waals surface area contributed by atoms with E-state index < -0.39 is 11.5 Å². The van der Waals surface area contributed by atoms with Gasteiger partial charge in [0, 0.05) is 44.2 Å². The summed E-state index contributed by atoms with van der Waals surface area (Å²) < 4.78 is 6.68. The number of rotatable bonds is 4. The third-order valence-electron chi connectivity index (χ3n) is 5.81. The fourth-order valence-electron chi connectivity index (χ4n) is 4.14. The van der Waals surface area contributed by atoms with Gasteiger partial charge in [-0.15, -0.1) is 0 Å². The summed E-state index contributed by atoms with van der Waals surface area (Å²) in [5.41, 5.74) is 1.34. The molecule has 1 aliphatic rings. The van der Waals surface area contributed by atoms with Gasteiger partial charge in [-0.2, -0.15) is 0 Å². The van der Waals surface area contributed by atoms with Crippen LogP contribution < -0.4 is 16.6 Å². The topological polar surface area (TPSA) is 107 Å². The SMILES string of the molecule is CCOC(=O)c1c(N2CCN(C(=O)c3ccc(Cl)c(Cl)c3)CC2)c2ccccc2n(C)c1=O.N. The van der Waals surface area contributed by atoms with Gasteiger partial charge < -0.3 is 25.3 Å². The summed E-state index contributed by atoms with van der Waals surface area (Å²) in [4.78, 5) is 42.6. The quantitative estimate of drug-likeness (QED) is 0.534. The summed E-state index contributed by atoms with van der Waals surface area (Å²) >= 11 is 12.0. The van der Waals surface area contributed by atoms with Crippen LogP contribution in [-0.2, 0) is 11.8 Å². The first-order chi connectivity index (χ1) is 15.8. The van der Waals surface area contributed by atoms with Crippen molar-refractivity contribution in [1.82, 2.24) is 15.6 Å². The van der Waals surface area contributed by atoms with Crippen LogP contribution in [0.3, 0.4) is 0 Å². The largest absolute Gasteiger partial charge is 0.462 e. The van der Waals surface area contributed by atoms with E-state index in [1.807, 2.05) is 29.2 Å². The Morgan fingerprint density at radius 3 is 2.32 bits per heavy atom. The molecule has 0 radical (unpaired) electrons. The number of para-hydroxylation sites is 1. The van der Waals surface area contributed by atoms with Crippen molar-refractivity contribution in [2.45, 2.75) is 6.92 Å². The standard InChI is InChI=1S/C24H23Cl2N3O4.H3N/c1-3-33-24(32)20-21(16-6-4-5-7-19(16)27(2)23(20)31)28-10-12-29(13-11-28)22(30)15-8-9-17(25)18(26)14-15;/h4-9,14H,3,10-13H2,1-2H3;1H3. The minimum atomic E-state index is -0.645. The summed E-state index contributed by atoms with van der Waals surface area (Å²) in [7, 11) is 1.64. The molecule has 0 saturated carbocycles. The Labute approximate surface area is 207 Å². The summed E-state index contributed by atoms with van der Waals surface area (Å²) in [6.45, 7) is 3.62. The molecule has 8 nitrogen and oxygen atoms in total. The maximum atomic E-state index is 13.1. The van der Waals surface area contributed by atoms with Crippen LogP contribution in [-0.4, -0.2) is 54.1 Å². The molecule has 3 aromatic rings. The van der Waals surface area contributed by atoms with E-state index in [4.69, 9.17) is 27.9 Å². The van der Waals surface area contributed by atoms with Gasteiger partial charge in [-0.25, -0.2) is 4.79 Å². The Morgan fingerprint density at radius 1 is 1.00 bits per heavy atom. The number of hydrogen-bond acceptors (Lipinski definition) is 6. The molecule has 1 fully saturated rings. The third kappa shape index (κ3) is 4.61. The molecule has 10 heteroatoms. The Kier molecular flexibility index (Phi) is 7.86. The second-order valence-corrected chi connectivity index (χ2v) is 8.55. The number of anilines is 1. The van der Waals surface area contributed by atoms with Gasteiger partial charge in [-0.05, 0) is 31.2 Å². The van der Waals surface area contributed by atoms with E-state index in [-0.39, 0.29) is 24.2 Å². The highest BCUT2D eigenvalue weighted by molar-refractivity contribution is 6.42. The zero-order chi connectivity index (χ0) is 23.7. The summed E-state index contributed by atoms with van der Waals surface area (Å²) in [5, 5.41) is 1.50. The van der Waals surface area contributed by atoms with Gasteiger partial charge in [0.2, 0.25) is 0 Å². The molecular formula is C24H26Cl2N4O4. The van der Waals surface area contributed by atoms with Crippen molar-refractivity contribution in [3.63, 3.8) is 0 Å². The lowest BCUT2D eigenvalue weighted by Gasteiger charge is -2.37. The van der Waals surface area contributed by atoms with Gasteiger partial charge in [0.1, 0.15) is 5.56 Å². The van der Waals surface area contributed by atoms with Crippen molar-refractivity contribution in [1.29, 1.82) is 0 Å². The molecule has 0 unspecified atom stereocenters. The van der Waals surface area contributed by atoms with Crippen molar-refractivity contribution in [3.05, 3.63) is 74.0 Å². The Balaban J connectivity index is 0.00000324. The Bertz CT molecular complexity index is 1300. The molecule has 0 bridgehead atoms. The number of hydrogen-bond donors (Lipinski definition) is 1. The molecule has 2 heterocycles.